The Kier molecular flexibility index (Phi) is 5.97. The molecule has 9 nitrogen and oxygen atoms in total. The van der Waals surface area contributed by atoms with E-state index in [0.29, 0.717) is 24.5 Å². The summed E-state index contributed by atoms with van der Waals surface area (Å²) in [5, 5.41) is 12.3. The number of tetrazole rings is 1. The van der Waals surface area contributed by atoms with Crippen LogP contribution in [0.5, 0.6) is 5.75 Å². The predicted octanol–water partition coefficient (Wildman–Crippen LogP) is 1.02. The van der Waals surface area contributed by atoms with Gasteiger partial charge in [0.25, 0.3) is 0 Å². The van der Waals surface area contributed by atoms with Gasteiger partial charge in [0.05, 0.1) is 18.6 Å². The minimum absolute atomic E-state index is 0.0192. The van der Waals surface area contributed by atoms with E-state index in [4.69, 9.17) is 4.74 Å². The van der Waals surface area contributed by atoms with Crippen LogP contribution in [0.15, 0.2) is 24.3 Å². The standard InChI is InChI=1S/C18H25N5O4S/c1-13(2)10-22(15-7-8-28(25,26)12-15)17(24)11-23-20-18(19-21-23)14-5-4-6-16(9-14)27-3/h4-6,9,13,15H,7-8,10-12H2,1-3H3/t15-/m0/s1. The highest BCUT2D eigenvalue weighted by Gasteiger charge is 2.35. The maximum Gasteiger partial charge on any atom is 0.246 e. The fraction of sp³-hybridized carbons (Fsp3) is 0.556. The molecule has 0 saturated carbocycles. The van der Waals surface area contributed by atoms with E-state index in [0.717, 1.165) is 5.56 Å². The molecule has 1 fully saturated rings. The summed E-state index contributed by atoms with van der Waals surface area (Å²) >= 11 is 0. The molecule has 0 N–H and O–H groups in total. The second kappa shape index (κ2) is 8.26. The SMILES string of the molecule is COc1cccc(-c2nnn(CC(=O)N(CC(C)C)[C@H]3CCS(=O)(=O)C3)n2)c1. The molecule has 1 aromatic carbocycles. The smallest absolute Gasteiger partial charge is 0.246 e. The van der Waals surface area contributed by atoms with E-state index in [1.807, 2.05) is 32.0 Å². The third-order valence-electron chi connectivity index (χ3n) is 4.59. The molecule has 3 rings (SSSR count). The second-order valence-electron chi connectivity index (χ2n) is 7.37. The molecule has 2 heterocycles. The molecule has 152 valence electrons. The number of carbonyl (C=O) groups is 1. The van der Waals surface area contributed by atoms with Gasteiger partial charge in [0.1, 0.15) is 12.3 Å². The molecule has 28 heavy (non-hydrogen) atoms. The van der Waals surface area contributed by atoms with Crippen LogP contribution in [0.2, 0.25) is 0 Å². The number of ether oxygens (including phenoxy) is 1. The molecule has 0 bridgehead atoms. The highest BCUT2D eigenvalue weighted by molar-refractivity contribution is 7.91. The van der Waals surface area contributed by atoms with Crippen molar-refractivity contribution in [2.45, 2.75) is 32.9 Å². The lowest BCUT2D eigenvalue weighted by Gasteiger charge is -2.29. The van der Waals surface area contributed by atoms with Crippen molar-refractivity contribution in [1.29, 1.82) is 0 Å². The van der Waals surface area contributed by atoms with Gasteiger partial charge in [-0.25, -0.2) is 8.42 Å². The number of methoxy groups -OCH3 is 1. The summed E-state index contributed by atoms with van der Waals surface area (Å²) < 4.78 is 28.9. The van der Waals surface area contributed by atoms with Gasteiger partial charge in [-0.05, 0) is 29.7 Å². The van der Waals surface area contributed by atoms with Gasteiger partial charge >= 0.3 is 0 Å². The van der Waals surface area contributed by atoms with Crippen LogP contribution in [-0.2, 0) is 21.2 Å². The fourth-order valence-corrected chi connectivity index (χ4v) is 5.00. The summed E-state index contributed by atoms with van der Waals surface area (Å²) in [6.45, 7) is 4.41. The number of carbonyl (C=O) groups excluding carboxylic acids is 1. The Bertz CT molecular complexity index is 941. The molecular formula is C18H25N5O4S. The van der Waals surface area contributed by atoms with E-state index in [-0.39, 0.29) is 35.9 Å². The van der Waals surface area contributed by atoms with Crippen LogP contribution >= 0.6 is 0 Å². The summed E-state index contributed by atoms with van der Waals surface area (Å²) in [6.07, 6.45) is 0.473. The van der Waals surface area contributed by atoms with Crippen LogP contribution in [0.4, 0.5) is 0 Å². The van der Waals surface area contributed by atoms with Gasteiger partial charge in [-0.3, -0.25) is 4.79 Å². The van der Waals surface area contributed by atoms with E-state index in [1.54, 1.807) is 18.1 Å². The van der Waals surface area contributed by atoms with Gasteiger partial charge in [0.15, 0.2) is 9.84 Å². The molecule has 0 unspecified atom stereocenters. The fourth-order valence-electron chi connectivity index (χ4n) is 3.27. The van der Waals surface area contributed by atoms with Crippen molar-refractivity contribution in [3.8, 4) is 17.1 Å². The van der Waals surface area contributed by atoms with Crippen molar-refractivity contribution in [1.82, 2.24) is 25.1 Å². The van der Waals surface area contributed by atoms with Crippen LogP contribution in [0.3, 0.4) is 0 Å². The molecule has 0 aliphatic carbocycles. The molecule has 1 aliphatic rings. The molecule has 2 aromatic rings. The van der Waals surface area contributed by atoms with E-state index in [1.165, 1.54) is 4.80 Å². The monoisotopic (exact) mass is 407 g/mol. The Morgan fingerprint density at radius 3 is 2.82 bits per heavy atom. The Labute approximate surface area is 164 Å². The summed E-state index contributed by atoms with van der Waals surface area (Å²) in [4.78, 5) is 15.8. The molecular weight excluding hydrogens is 382 g/mol. The lowest BCUT2D eigenvalue weighted by atomic mass is 10.1. The number of nitrogens with zero attached hydrogens (tertiary/aromatic N) is 5. The minimum atomic E-state index is -3.08. The topological polar surface area (TPSA) is 107 Å². The number of amides is 1. The minimum Gasteiger partial charge on any atom is -0.497 e. The first kappa shape index (κ1) is 20.2. The van der Waals surface area contributed by atoms with Gasteiger partial charge in [-0.15, -0.1) is 10.2 Å². The van der Waals surface area contributed by atoms with E-state index in [9.17, 15) is 13.2 Å². The van der Waals surface area contributed by atoms with Crippen molar-refractivity contribution in [3.05, 3.63) is 24.3 Å². The molecule has 10 heteroatoms. The average molecular weight is 407 g/mol. The van der Waals surface area contributed by atoms with Crippen LogP contribution in [-0.4, -0.2) is 70.6 Å². The molecule has 1 aliphatic heterocycles. The summed E-state index contributed by atoms with van der Waals surface area (Å²) in [5.41, 5.74) is 0.735. The van der Waals surface area contributed by atoms with Crippen LogP contribution < -0.4 is 4.74 Å². The summed E-state index contributed by atoms with van der Waals surface area (Å²) in [6, 6.07) is 6.97. The number of aromatic nitrogens is 4. The number of hydrogen-bond donors (Lipinski definition) is 0. The Hall–Kier alpha value is -2.49. The van der Waals surface area contributed by atoms with Crippen LogP contribution in [0, 0.1) is 5.92 Å². The quantitative estimate of drug-likeness (QED) is 0.674. The van der Waals surface area contributed by atoms with Crippen LogP contribution in [0.1, 0.15) is 20.3 Å². The molecule has 0 radical (unpaired) electrons. The Morgan fingerprint density at radius 2 is 2.18 bits per heavy atom. The van der Waals surface area contributed by atoms with Crippen molar-refractivity contribution in [3.63, 3.8) is 0 Å². The first-order chi connectivity index (χ1) is 13.3. The Morgan fingerprint density at radius 1 is 1.39 bits per heavy atom. The molecule has 1 aromatic heterocycles. The first-order valence-corrected chi connectivity index (χ1v) is 11.0. The van der Waals surface area contributed by atoms with E-state index < -0.39 is 9.84 Å². The molecule has 1 saturated heterocycles. The number of rotatable bonds is 7. The van der Waals surface area contributed by atoms with Crippen molar-refractivity contribution in [2.75, 3.05) is 25.2 Å². The number of benzene rings is 1. The third kappa shape index (κ3) is 4.86. The van der Waals surface area contributed by atoms with E-state index in [2.05, 4.69) is 15.4 Å². The first-order valence-electron chi connectivity index (χ1n) is 9.19. The zero-order valence-corrected chi connectivity index (χ0v) is 17.1. The average Bonchev–Trinajstić information content (AvgIpc) is 3.25. The van der Waals surface area contributed by atoms with Crippen molar-refractivity contribution < 1.29 is 17.9 Å². The lowest BCUT2D eigenvalue weighted by molar-refractivity contribution is -0.134. The van der Waals surface area contributed by atoms with Crippen molar-refractivity contribution >= 4 is 15.7 Å². The lowest BCUT2D eigenvalue weighted by Crippen LogP contribution is -2.45. The molecule has 1 amide bonds. The highest BCUT2D eigenvalue weighted by Crippen LogP contribution is 2.21. The van der Waals surface area contributed by atoms with Crippen molar-refractivity contribution in [2.24, 2.45) is 5.92 Å². The second-order valence-corrected chi connectivity index (χ2v) is 9.60. The number of sulfone groups is 1. The van der Waals surface area contributed by atoms with E-state index >= 15 is 0 Å². The Balaban J connectivity index is 1.74. The number of hydrogen-bond acceptors (Lipinski definition) is 7. The normalized spacial score (nSPS) is 18.4. The highest BCUT2D eigenvalue weighted by atomic mass is 32.2. The third-order valence-corrected chi connectivity index (χ3v) is 6.34. The van der Waals surface area contributed by atoms with Gasteiger partial charge in [0, 0.05) is 18.2 Å². The zero-order valence-electron chi connectivity index (χ0n) is 16.3. The zero-order chi connectivity index (χ0) is 20.3. The van der Waals surface area contributed by atoms with Gasteiger partial charge in [0.2, 0.25) is 11.7 Å². The maximum atomic E-state index is 12.9. The van der Waals surface area contributed by atoms with Gasteiger partial charge in [-0.2, -0.15) is 4.80 Å². The van der Waals surface area contributed by atoms with Gasteiger partial charge < -0.3 is 9.64 Å². The predicted molar refractivity (Wildman–Crippen MR) is 103 cm³/mol. The summed E-state index contributed by atoms with van der Waals surface area (Å²) in [7, 11) is -1.50. The maximum absolute atomic E-state index is 12.9. The largest absolute Gasteiger partial charge is 0.497 e. The van der Waals surface area contributed by atoms with Crippen LogP contribution in [0.25, 0.3) is 11.4 Å². The summed E-state index contributed by atoms with van der Waals surface area (Å²) in [5.74, 6) is 1.24. The molecule has 1 atom stereocenters. The molecule has 0 spiro atoms. The van der Waals surface area contributed by atoms with Gasteiger partial charge in [-0.1, -0.05) is 26.0 Å².